The Morgan fingerprint density at radius 2 is 1.56 bits per heavy atom. The van der Waals surface area contributed by atoms with Crippen LogP contribution in [0.5, 0.6) is 0 Å². The summed E-state index contributed by atoms with van der Waals surface area (Å²) < 4.78 is 0. The second-order valence-electron chi connectivity index (χ2n) is 3.74. The molecule has 0 saturated carbocycles. The zero-order valence-electron chi connectivity index (χ0n) is 9.51. The molecule has 0 aliphatic heterocycles. The smallest absolute Gasteiger partial charge is 0.196 e. The van der Waals surface area contributed by atoms with Crippen LogP contribution in [0.1, 0.15) is 15.9 Å². The van der Waals surface area contributed by atoms with Crippen LogP contribution in [0.25, 0.3) is 5.57 Å². The summed E-state index contributed by atoms with van der Waals surface area (Å²) in [7, 11) is 0. The monoisotopic (exact) mass is 258 g/mol. The van der Waals surface area contributed by atoms with Gasteiger partial charge in [-0.05, 0) is 29.8 Å². The molecule has 0 atom stereocenters. The van der Waals surface area contributed by atoms with Crippen molar-refractivity contribution in [2.75, 3.05) is 0 Å². The molecule has 3 heteroatoms. The van der Waals surface area contributed by atoms with Crippen LogP contribution in [-0.2, 0) is 0 Å². The van der Waals surface area contributed by atoms with E-state index in [1.165, 1.54) is 0 Å². The second kappa shape index (κ2) is 5.52. The third kappa shape index (κ3) is 2.60. The van der Waals surface area contributed by atoms with Crippen molar-refractivity contribution in [3.8, 4) is 0 Å². The Morgan fingerprint density at radius 1 is 0.944 bits per heavy atom. The highest BCUT2D eigenvalue weighted by Crippen LogP contribution is 2.20. The van der Waals surface area contributed by atoms with Gasteiger partial charge >= 0.3 is 0 Å². The Labute approximate surface area is 110 Å². The van der Waals surface area contributed by atoms with E-state index < -0.39 is 0 Å². The molecule has 18 heavy (non-hydrogen) atoms. The van der Waals surface area contributed by atoms with Gasteiger partial charge in [0.2, 0.25) is 0 Å². The van der Waals surface area contributed by atoms with Gasteiger partial charge in [-0.2, -0.15) is 0 Å². The topological polar surface area (TPSA) is 37.3 Å². The van der Waals surface area contributed by atoms with E-state index in [4.69, 9.17) is 11.6 Å². The van der Waals surface area contributed by atoms with Crippen LogP contribution in [-0.4, -0.2) is 10.9 Å². The fourth-order valence-corrected chi connectivity index (χ4v) is 1.76. The van der Waals surface area contributed by atoms with Crippen LogP contribution in [0, 0.1) is 0 Å². The number of benzene rings is 2. The van der Waals surface area contributed by atoms with Crippen LogP contribution >= 0.6 is 11.6 Å². The van der Waals surface area contributed by atoms with Crippen LogP contribution in [0.4, 0.5) is 0 Å². The highest BCUT2D eigenvalue weighted by molar-refractivity contribution is 6.31. The van der Waals surface area contributed by atoms with E-state index in [-0.39, 0.29) is 11.4 Å². The molecule has 0 aliphatic carbocycles. The van der Waals surface area contributed by atoms with Crippen LogP contribution in [0.15, 0.2) is 60.9 Å². The molecule has 90 valence electrons. The number of hydrogen-bond acceptors (Lipinski definition) is 2. The summed E-state index contributed by atoms with van der Waals surface area (Å²) in [4.78, 5) is 12.2. The van der Waals surface area contributed by atoms with Crippen molar-refractivity contribution in [2.24, 2.45) is 0 Å². The fraction of sp³-hybridized carbons (Fsp3) is 0. The molecule has 0 radical (unpaired) electrons. The van der Waals surface area contributed by atoms with Crippen molar-refractivity contribution >= 4 is 23.0 Å². The molecule has 0 aliphatic rings. The highest BCUT2D eigenvalue weighted by Gasteiger charge is 2.14. The van der Waals surface area contributed by atoms with Crippen LogP contribution < -0.4 is 0 Å². The summed E-state index contributed by atoms with van der Waals surface area (Å²) >= 11 is 5.77. The molecule has 0 heterocycles. The minimum Gasteiger partial charge on any atom is -0.515 e. The molecule has 0 bridgehead atoms. The Kier molecular flexibility index (Phi) is 3.80. The average Bonchev–Trinajstić information content (AvgIpc) is 2.41. The number of aliphatic hydroxyl groups is 1. The Morgan fingerprint density at radius 3 is 2.11 bits per heavy atom. The molecule has 0 unspecified atom stereocenters. The quantitative estimate of drug-likeness (QED) is 0.511. The molecule has 2 aromatic rings. The van der Waals surface area contributed by atoms with Gasteiger partial charge in [0.1, 0.15) is 0 Å². The van der Waals surface area contributed by atoms with Crippen LogP contribution in [0.2, 0.25) is 5.02 Å². The lowest BCUT2D eigenvalue weighted by Gasteiger charge is -2.05. The van der Waals surface area contributed by atoms with Crippen molar-refractivity contribution in [3.63, 3.8) is 0 Å². The lowest BCUT2D eigenvalue weighted by molar-refractivity contribution is 0.105. The van der Waals surface area contributed by atoms with E-state index in [0.29, 0.717) is 16.1 Å². The summed E-state index contributed by atoms with van der Waals surface area (Å²) in [5.74, 6) is -0.236. The Bertz CT molecular complexity index is 571. The lowest BCUT2D eigenvalue weighted by atomic mass is 9.98. The minimum atomic E-state index is -0.236. The van der Waals surface area contributed by atoms with Gasteiger partial charge in [-0.3, -0.25) is 4.79 Å². The van der Waals surface area contributed by atoms with Gasteiger partial charge in [0.25, 0.3) is 0 Å². The van der Waals surface area contributed by atoms with Gasteiger partial charge in [0.15, 0.2) is 5.78 Å². The molecule has 0 aromatic heterocycles. The van der Waals surface area contributed by atoms with Gasteiger partial charge in [-0.1, -0.05) is 41.9 Å². The maximum atomic E-state index is 12.2. The molecular formula is C15H11ClO2. The van der Waals surface area contributed by atoms with Gasteiger partial charge in [-0.15, -0.1) is 0 Å². The first kappa shape index (κ1) is 12.4. The summed E-state index contributed by atoms with van der Waals surface area (Å²) in [5, 5.41) is 9.83. The summed E-state index contributed by atoms with van der Waals surface area (Å²) in [6.45, 7) is 0. The number of Topliss-reactive ketones (excluding diaryl/α,β-unsaturated/α-hetero) is 1. The largest absolute Gasteiger partial charge is 0.515 e. The molecule has 0 amide bonds. The first-order chi connectivity index (χ1) is 8.72. The van der Waals surface area contributed by atoms with Crippen LogP contribution in [0.3, 0.4) is 0 Å². The number of ketones is 1. The molecule has 2 rings (SSSR count). The van der Waals surface area contributed by atoms with Crippen molar-refractivity contribution in [1.29, 1.82) is 0 Å². The molecular weight excluding hydrogens is 248 g/mol. The van der Waals surface area contributed by atoms with E-state index in [1.807, 2.05) is 18.2 Å². The molecule has 0 spiro atoms. The molecule has 1 N–H and O–H groups in total. The van der Waals surface area contributed by atoms with E-state index in [0.717, 1.165) is 6.26 Å². The highest BCUT2D eigenvalue weighted by atomic mass is 35.5. The normalized spacial score (nSPS) is 11.3. The first-order valence-corrected chi connectivity index (χ1v) is 5.80. The first-order valence-electron chi connectivity index (χ1n) is 5.42. The number of carbonyl (C=O) groups is 1. The van der Waals surface area contributed by atoms with Crippen molar-refractivity contribution in [3.05, 3.63) is 77.0 Å². The number of allylic oxidation sites excluding steroid dienone is 1. The van der Waals surface area contributed by atoms with E-state index >= 15 is 0 Å². The summed E-state index contributed by atoms with van der Waals surface area (Å²) in [6, 6.07) is 15.6. The third-order valence-electron chi connectivity index (χ3n) is 2.56. The number of carbonyl (C=O) groups excluding carboxylic acids is 1. The van der Waals surface area contributed by atoms with Gasteiger partial charge < -0.3 is 5.11 Å². The molecule has 2 aromatic carbocycles. The average molecular weight is 259 g/mol. The van der Waals surface area contributed by atoms with E-state index in [1.54, 1.807) is 36.4 Å². The fourth-order valence-electron chi connectivity index (χ4n) is 1.64. The van der Waals surface area contributed by atoms with Crippen molar-refractivity contribution in [2.45, 2.75) is 0 Å². The maximum absolute atomic E-state index is 12.2. The Balaban J connectivity index is 2.35. The third-order valence-corrected chi connectivity index (χ3v) is 2.82. The zero-order valence-corrected chi connectivity index (χ0v) is 10.3. The Hall–Kier alpha value is -2.06. The zero-order chi connectivity index (χ0) is 13.0. The second-order valence-corrected chi connectivity index (χ2v) is 4.18. The number of hydrogen-bond donors (Lipinski definition) is 1. The summed E-state index contributed by atoms with van der Waals surface area (Å²) in [6.07, 6.45) is 0.840. The number of halogens is 1. The molecule has 2 nitrogen and oxygen atoms in total. The van der Waals surface area contributed by atoms with Crippen molar-refractivity contribution < 1.29 is 9.90 Å². The van der Waals surface area contributed by atoms with E-state index in [9.17, 15) is 9.90 Å². The van der Waals surface area contributed by atoms with Crippen molar-refractivity contribution in [1.82, 2.24) is 0 Å². The van der Waals surface area contributed by atoms with Gasteiger partial charge in [-0.25, -0.2) is 0 Å². The molecule has 0 saturated heterocycles. The minimum absolute atomic E-state index is 0.236. The summed E-state index contributed by atoms with van der Waals surface area (Å²) in [5.41, 5.74) is 1.43. The number of aliphatic hydroxyl groups excluding tert-OH is 1. The lowest BCUT2D eigenvalue weighted by Crippen LogP contribution is -2.02. The maximum Gasteiger partial charge on any atom is 0.196 e. The standard InChI is InChI=1S/C15H11ClO2/c16-13-8-6-12(7-9-13)15(18)14(10-17)11-4-2-1-3-5-11/h1-10,17H/b14-10+. The van der Waals surface area contributed by atoms with E-state index in [2.05, 4.69) is 0 Å². The van der Waals surface area contributed by atoms with Gasteiger partial charge in [0, 0.05) is 10.6 Å². The van der Waals surface area contributed by atoms with Gasteiger partial charge in [0.05, 0.1) is 11.8 Å². The predicted octanol–water partition coefficient (Wildman–Crippen LogP) is 4.12. The predicted molar refractivity (Wildman–Crippen MR) is 72.8 cm³/mol. The SMILES string of the molecule is O=C(/C(=C/O)c1ccccc1)c1ccc(Cl)cc1. The molecule has 0 fully saturated rings. The number of rotatable bonds is 3.